The molecule has 0 aliphatic carbocycles. The average molecular weight is 271 g/mol. The van der Waals surface area contributed by atoms with Crippen LogP contribution in [0.2, 0.25) is 5.02 Å². The molecular weight excluding hydrogens is 252 g/mol. The Bertz CT molecular complexity index is 423. The van der Waals surface area contributed by atoms with Crippen LogP contribution in [0, 0.1) is 0 Å². The van der Waals surface area contributed by atoms with E-state index in [9.17, 15) is 4.79 Å². The number of carbonyl (C=O) groups is 1. The van der Waals surface area contributed by atoms with Gasteiger partial charge in [0, 0.05) is 16.6 Å². The van der Waals surface area contributed by atoms with E-state index in [4.69, 9.17) is 22.1 Å². The van der Waals surface area contributed by atoms with Gasteiger partial charge in [-0.05, 0) is 25.5 Å². The van der Waals surface area contributed by atoms with Crippen molar-refractivity contribution in [2.75, 3.05) is 7.11 Å². The Morgan fingerprint density at radius 1 is 1.56 bits per heavy atom. The van der Waals surface area contributed by atoms with E-state index in [2.05, 4.69) is 5.32 Å². The highest BCUT2D eigenvalue weighted by atomic mass is 35.5. The van der Waals surface area contributed by atoms with Crippen molar-refractivity contribution in [1.29, 1.82) is 0 Å². The summed E-state index contributed by atoms with van der Waals surface area (Å²) >= 11 is 6.15. The predicted molar refractivity (Wildman–Crippen MR) is 72.8 cm³/mol. The van der Waals surface area contributed by atoms with E-state index in [0.29, 0.717) is 16.3 Å². The average Bonchev–Trinajstić information content (AvgIpc) is 2.35. The molecule has 0 radical (unpaired) electrons. The number of amides is 1. The van der Waals surface area contributed by atoms with Gasteiger partial charge < -0.3 is 10.5 Å². The van der Waals surface area contributed by atoms with Crippen LogP contribution in [-0.4, -0.2) is 19.1 Å². The lowest BCUT2D eigenvalue weighted by Crippen LogP contribution is -2.38. The number of rotatable bonds is 6. The Morgan fingerprint density at radius 2 is 2.22 bits per heavy atom. The Balaban J connectivity index is 3.17. The molecule has 1 aromatic rings. The molecule has 1 amide bonds. The van der Waals surface area contributed by atoms with Crippen LogP contribution in [-0.2, 0) is 4.79 Å². The molecule has 0 spiro atoms. The van der Waals surface area contributed by atoms with Gasteiger partial charge in [0.15, 0.2) is 0 Å². The summed E-state index contributed by atoms with van der Waals surface area (Å²) in [7, 11) is 1.54. The van der Waals surface area contributed by atoms with Gasteiger partial charge in [-0.3, -0.25) is 10.1 Å². The number of hydrogen-bond acceptors (Lipinski definition) is 3. The highest BCUT2D eigenvalue weighted by molar-refractivity contribution is 6.31. The summed E-state index contributed by atoms with van der Waals surface area (Å²) in [5.74, 6) is 0.0869. The zero-order chi connectivity index (χ0) is 13.7. The minimum Gasteiger partial charge on any atom is -0.496 e. The third-order valence-electron chi connectivity index (χ3n) is 2.87. The number of nitrogens with one attached hydrogen (secondary N) is 1. The van der Waals surface area contributed by atoms with Crippen LogP contribution in [0.4, 0.5) is 0 Å². The Labute approximate surface area is 112 Å². The summed E-state index contributed by atoms with van der Waals surface area (Å²) in [5, 5.41) is 3.63. The summed E-state index contributed by atoms with van der Waals surface area (Å²) < 4.78 is 5.24. The Kier molecular flexibility index (Phi) is 5.44. The van der Waals surface area contributed by atoms with Gasteiger partial charge in [-0.15, -0.1) is 0 Å². The molecule has 5 heteroatoms. The standard InChI is InChI=1S/C13H19ClN2O2/c1-4-8(2)16-12(13(15)17)11-9(14)6-5-7-10(11)18-3/h5-8,12,16H,4H2,1-3H3,(H2,15,17). The molecule has 0 bridgehead atoms. The number of carbonyl (C=O) groups excluding carboxylic acids is 1. The normalized spacial score (nSPS) is 14.0. The summed E-state index contributed by atoms with van der Waals surface area (Å²) in [4.78, 5) is 11.6. The van der Waals surface area contributed by atoms with Gasteiger partial charge in [-0.2, -0.15) is 0 Å². The van der Waals surface area contributed by atoms with E-state index < -0.39 is 11.9 Å². The van der Waals surface area contributed by atoms with Crippen LogP contribution >= 0.6 is 11.6 Å². The molecule has 0 fully saturated rings. The van der Waals surface area contributed by atoms with Gasteiger partial charge >= 0.3 is 0 Å². The fraction of sp³-hybridized carbons (Fsp3) is 0.462. The molecule has 18 heavy (non-hydrogen) atoms. The zero-order valence-electron chi connectivity index (χ0n) is 10.9. The second kappa shape index (κ2) is 6.61. The number of hydrogen-bond donors (Lipinski definition) is 2. The second-order valence-corrected chi connectivity index (χ2v) is 4.57. The first-order valence-electron chi connectivity index (χ1n) is 5.89. The SMILES string of the molecule is CCC(C)NC(C(N)=O)c1c(Cl)cccc1OC. The molecule has 0 aromatic heterocycles. The van der Waals surface area contributed by atoms with Crippen molar-refractivity contribution in [1.82, 2.24) is 5.32 Å². The molecule has 3 N–H and O–H groups in total. The monoisotopic (exact) mass is 270 g/mol. The molecule has 2 unspecified atom stereocenters. The van der Waals surface area contributed by atoms with Crippen molar-refractivity contribution in [2.24, 2.45) is 5.73 Å². The van der Waals surface area contributed by atoms with Crippen molar-refractivity contribution < 1.29 is 9.53 Å². The molecule has 100 valence electrons. The largest absolute Gasteiger partial charge is 0.496 e. The van der Waals surface area contributed by atoms with Crippen LogP contribution < -0.4 is 15.8 Å². The van der Waals surface area contributed by atoms with Crippen LogP contribution in [0.15, 0.2) is 18.2 Å². The van der Waals surface area contributed by atoms with Crippen LogP contribution in [0.1, 0.15) is 31.9 Å². The van der Waals surface area contributed by atoms with Crippen molar-refractivity contribution in [3.63, 3.8) is 0 Å². The van der Waals surface area contributed by atoms with Crippen LogP contribution in [0.3, 0.4) is 0 Å². The first kappa shape index (κ1) is 14.8. The summed E-state index contributed by atoms with van der Waals surface area (Å²) in [5.41, 5.74) is 6.04. The maximum atomic E-state index is 11.6. The highest BCUT2D eigenvalue weighted by Crippen LogP contribution is 2.32. The smallest absolute Gasteiger partial charge is 0.239 e. The summed E-state index contributed by atoms with van der Waals surface area (Å²) in [6.07, 6.45) is 0.885. The number of methoxy groups -OCH3 is 1. The molecule has 1 rings (SSSR count). The van der Waals surface area contributed by atoms with E-state index in [1.807, 2.05) is 13.8 Å². The molecular formula is C13H19ClN2O2. The number of nitrogens with two attached hydrogens (primary N) is 1. The van der Waals surface area contributed by atoms with Crippen LogP contribution in [0.25, 0.3) is 0 Å². The van der Waals surface area contributed by atoms with Crippen molar-refractivity contribution >= 4 is 17.5 Å². The Morgan fingerprint density at radius 3 is 2.72 bits per heavy atom. The lowest BCUT2D eigenvalue weighted by atomic mass is 10.0. The minimum atomic E-state index is -0.649. The van der Waals surface area contributed by atoms with Gasteiger partial charge in [0.25, 0.3) is 0 Å². The molecule has 0 saturated carbocycles. The minimum absolute atomic E-state index is 0.156. The zero-order valence-corrected chi connectivity index (χ0v) is 11.6. The van der Waals surface area contributed by atoms with E-state index in [1.54, 1.807) is 18.2 Å². The van der Waals surface area contributed by atoms with Crippen LogP contribution in [0.5, 0.6) is 5.75 Å². The van der Waals surface area contributed by atoms with Gasteiger partial charge in [0.2, 0.25) is 5.91 Å². The summed E-state index contributed by atoms with van der Waals surface area (Å²) in [6, 6.07) is 4.75. The molecule has 2 atom stereocenters. The van der Waals surface area contributed by atoms with Crippen molar-refractivity contribution in [2.45, 2.75) is 32.4 Å². The Hall–Kier alpha value is -1.26. The summed E-state index contributed by atoms with van der Waals surface area (Å²) in [6.45, 7) is 4.01. The molecule has 0 heterocycles. The second-order valence-electron chi connectivity index (χ2n) is 4.17. The molecule has 0 saturated heterocycles. The van der Waals surface area contributed by atoms with E-state index in [0.717, 1.165) is 6.42 Å². The van der Waals surface area contributed by atoms with Gasteiger partial charge in [-0.1, -0.05) is 24.6 Å². The fourth-order valence-electron chi connectivity index (χ4n) is 1.69. The van der Waals surface area contributed by atoms with E-state index >= 15 is 0 Å². The number of ether oxygens (including phenoxy) is 1. The number of halogens is 1. The first-order chi connectivity index (χ1) is 8.51. The molecule has 4 nitrogen and oxygen atoms in total. The van der Waals surface area contributed by atoms with E-state index in [-0.39, 0.29) is 6.04 Å². The third-order valence-corrected chi connectivity index (χ3v) is 3.20. The fourth-order valence-corrected chi connectivity index (χ4v) is 1.96. The lowest BCUT2D eigenvalue weighted by Gasteiger charge is -2.23. The van der Waals surface area contributed by atoms with Gasteiger partial charge in [0.1, 0.15) is 11.8 Å². The predicted octanol–water partition coefficient (Wildman–Crippen LogP) is 2.26. The molecule has 0 aliphatic heterocycles. The number of benzene rings is 1. The lowest BCUT2D eigenvalue weighted by molar-refractivity contribution is -0.120. The van der Waals surface area contributed by atoms with Crippen molar-refractivity contribution in [3.8, 4) is 5.75 Å². The topological polar surface area (TPSA) is 64.3 Å². The molecule has 0 aliphatic rings. The van der Waals surface area contributed by atoms with Gasteiger partial charge in [0.05, 0.1) is 7.11 Å². The highest BCUT2D eigenvalue weighted by Gasteiger charge is 2.25. The maximum Gasteiger partial charge on any atom is 0.239 e. The maximum absolute atomic E-state index is 11.6. The van der Waals surface area contributed by atoms with Crippen molar-refractivity contribution in [3.05, 3.63) is 28.8 Å². The number of primary amides is 1. The first-order valence-corrected chi connectivity index (χ1v) is 6.26. The third kappa shape index (κ3) is 3.37. The van der Waals surface area contributed by atoms with Gasteiger partial charge in [-0.25, -0.2) is 0 Å². The van der Waals surface area contributed by atoms with E-state index in [1.165, 1.54) is 7.11 Å². The molecule has 1 aromatic carbocycles. The quantitative estimate of drug-likeness (QED) is 0.833.